The minimum absolute atomic E-state index is 0.0507. The molecule has 0 fully saturated rings. The number of hydrogen-bond acceptors (Lipinski definition) is 4. The van der Waals surface area contributed by atoms with Crippen molar-refractivity contribution < 1.29 is 4.79 Å². The number of benzene rings is 2. The van der Waals surface area contributed by atoms with E-state index in [9.17, 15) is 4.79 Å². The van der Waals surface area contributed by atoms with Crippen molar-refractivity contribution in [2.24, 2.45) is 10.7 Å². The van der Waals surface area contributed by atoms with Gasteiger partial charge in [0.1, 0.15) is 5.84 Å². The van der Waals surface area contributed by atoms with Gasteiger partial charge in [-0.3, -0.25) is 4.79 Å². The Morgan fingerprint density at radius 3 is 2.48 bits per heavy atom. The van der Waals surface area contributed by atoms with Crippen molar-refractivity contribution in [3.05, 3.63) is 59.8 Å². The second-order valence-corrected chi connectivity index (χ2v) is 7.39. The summed E-state index contributed by atoms with van der Waals surface area (Å²) < 4.78 is 0. The van der Waals surface area contributed by atoms with Crippen molar-refractivity contribution in [3.63, 3.8) is 0 Å². The van der Waals surface area contributed by atoms with Gasteiger partial charge in [0.25, 0.3) is 0 Å². The molecule has 2 aromatic carbocycles. The summed E-state index contributed by atoms with van der Waals surface area (Å²) in [6, 6.07) is 16.4. The minimum Gasteiger partial charge on any atom is -0.391 e. The largest absolute Gasteiger partial charge is 0.391 e. The van der Waals surface area contributed by atoms with Gasteiger partial charge in [-0.15, -0.1) is 0 Å². The molecule has 6 nitrogen and oxygen atoms in total. The normalized spacial score (nSPS) is 14.8. The topological polar surface area (TPSA) is 74.0 Å². The molecule has 1 amide bonds. The van der Waals surface area contributed by atoms with Crippen LogP contribution in [-0.4, -0.2) is 50.9 Å². The van der Waals surface area contributed by atoms with E-state index in [4.69, 9.17) is 5.73 Å². The summed E-state index contributed by atoms with van der Waals surface area (Å²) in [6.07, 6.45) is 0.753. The first-order valence-electron chi connectivity index (χ1n) is 9.76. The van der Waals surface area contributed by atoms with Crippen molar-refractivity contribution in [3.8, 4) is 11.1 Å². The average Bonchev–Trinajstić information content (AvgIpc) is 2.73. The Balaban J connectivity index is 1.84. The number of nitrogens with zero attached hydrogens (tertiary/aromatic N) is 3. The van der Waals surface area contributed by atoms with Crippen LogP contribution in [0, 0.1) is 0 Å². The molecular formula is C23H29N5O. The third-order valence-electron chi connectivity index (χ3n) is 5.21. The van der Waals surface area contributed by atoms with E-state index >= 15 is 0 Å². The van der Waals surface area contributed by atoms with Crippen LogP contribution in [-0.2, 0) is 4.79 Å². The van der Waals surface area contributed by atoms with E-state index in [0.29, 0.717) is 18.9 Å². The number of amides is 1. The van der Waals surface area contributed by atoms with E-state index in [1.165, 1.54) is 0 Å². The van der Waals surface area contributed by atoms with Crippen LogP contribution in [0.15, 0.2) is 64.8 Å². The maximum absolute atomic E-state index is 11.8. The lowest BCUT2D eigenvalue weighted by Gasteiger charge is -2.29. The monoisotopic (exact) mass is 391 g/mol. The minimum atomic E-state index is 0.0507. The van der Waals surface area contributed by atoms with Gasteiger partial charge in [0, 0.05) is 58.0 Å². The molecule has 1 aliphatic heterocycles. The molecule has 6 heteroatoms. The molecule has 0 bridgehead atoms. The lowest BCUT2D eigenvalue weighted by atomic mass is 10.0. The maximum atomic E-state index is 11.8. The summed E-state index contributed by atoms with van der Waals surface area (Å²) >= 11 is 0. The average molecular weight is 392 g/mol. The molecule has 3 rings (SSSR count). The molecule has 152 valence electrons. The second kappa shape index (κ2) is 8.82. The third kappa shape index (κ3) is 4.77. The molecule has 0 radical (unpaired) electrons. The number of aliphatic imine (C=N–C) groups is 1. The van der Waals surface area contributed by atoms with Crippen LogP contribution in [0.3, 0.4) is 0 Å². The number of hydrogen-bond donors (Lipinski definition) is 2. The highest BCUT2D eigenvalue weighted by molar-refractivity contribution is 6.00. The highest BCUT2D eigenvalue weighted by Gasteiger charge is 2.22. The van der Waals surface area contributed by atoms with Gasteiger partial charge in [-0.2, -0.15) is 0 Å². The van der Waals surface area contributed by atoms with Gasteiger partial charge < -0.3 is 20.9 Å². The van der Waals surface area contributed by atoms with Crippen molar-refractivity contribution in [1.82, 2.24) is 10.2 Å². The molecule has 0 unspecified atom stereocenters. The van der Waals surface area contributed by atoms with Crippen molar-refractivity contribution in [1.29, 1.82) is 0 Å². The highest BCUT2D eigenvalue weighted by atomic mass is 16.2. The zero-order valence-electron chi connectivity index (χ0n) is 17.6. The summed E-state index contributed by atoms with van der Waals surface area (Å²) in [4.78, 5) is 20.2. The number of rotatable bonds is 5. The van der Waals surface area contributed by atoms with Crippen LogP contribution in [0.25, 0.3) is 11.1 Å². The standard InChI is InChI=1S/C23H29N5O/c1-16(29)28-13-12-22(25-2)21(15-28)23(24)26-19-10-8-17(9-11-19)18-6-5-7-20(14-18)27(3)4/h5-11,14,25H,12-13,15H2,1-4H3,(H2,24,26). The first-order chi connectivity index (χ1) is 13.9. The van der Waals surface area contributed by atoms with Gasteiger partial charge in [0.05, 0.1) is 12.2 Å². The Kier molecular flexibility index (Phi) is 6.22. The number of carbonyl (C=O) groups excluding carboxylic acids is 1. The lowest BCUT2D eigenvalue weighted by Crippen LogP contribution is -2.40. The predicted molar refractivity (Wildman–Crippen MR) is 120 cm³/mol. The van der Waals surface area contributed by atoms with E-state index < -0.39 is 0 Å². The number of nitrogens with one attached hydrogen (secondary N) is 1. The summed E-state index contributed by atoms with van der Waals surface area (Å²) in [7, 11) is 5.95. The molecule has 1 aliphatic rings. The van der Waals surface area contributed by atoms with Crippen LogP contribution in [0.4, 0.5) is 11.4 Å². The summed E-state index contributed by atoms with van der Waals surface area (Å²) in [6.45, 7) is 2.76. The van der Waals surface area contributed by atoms with Crippen molar-refractivity contribution >= 4 is 23.1 Å². The number of amidine groups is 1. The molecule has 29 heavy (non-hydrogen) atoms. The Morgan fingerprint density at radius 2 is 1.86 bits per heavy atom. The second-order valence-electron chi connectivity index (χ2n) is 7.39. The molecule has 0 aromatic heterocycles. The van der Waals surface area contributed by atoms with Crippen LogP contribution >= 0.6 is 0 Å². The number of anilines is 1. The molecule has 0 saturated heterocycles. The van der Waals surface area contributed by atoms with Gasteiger partial charge in [-0.25, -0.2) is 4.99 Å². The molecular weight excluding hydrogens is 362 g/mol. The molecule has 0 aliphatic carbocycles. The number of nitrogens with two attached hydrogens (primary N) is 1. The Labute approximate surface area is 172 Å². The lowest BCUT2D eigenvalue weighted by molar-refractivity contribution is -0.128. The fraction of sp³-hybridized carbons (Fsp3) is 0.304. The predicted octanol–water partition coefficient (Wildman–Crippen LogP) is 3.13. The van der Waals surface area contributed by atoms with E-state index in [1.807, 2.05) is 33.3 Å². The fourth-order valence-electron chi connectivity index (χ4n) is 3.44. The number of carbonyl (C=O) groups is 1. The van der Waals surface area contributed by atoms with Crippen LogP contribution in [0.1, 0.15) is 13.3 Å². The zero-order valence-corrected chi connectivity index (χ0v) is 17.6. The van der Waals surface area contributed by atoms with E-state index in [2.05, 4.69) is 51.6 Å². The molecule has 0 atom stereocenters. The van der Waals surface area contributed by atoms with Crippen LogP contribution in [0.2, 0.25) is 0 Å². The summed E-state index contributed by atoms with van der Waals surface area (Å²) in [5.74, 6) is 0.498. The highest BCUT2D eigenvalue weighted by Crippen LogP contribution is 2.26. The molecule has 0 saturated carbocycles. The molecule has 3 N–H and O–H groups in total. The molecule has 2 aromatic rings. The first-order valence-corrected chi connectivity index (χ1v) is 9.76. The van der Waals surface area contributed by atoms with Crippen molar-refractivity contribution in [2.75, 3.05) is 39.1 Å². The molecule has 1 heterocycles. The van der Waals surface area contributed by atoms with E-state index in [1.54, 1.807) is 11.8 Å². The van der Waals surface area contributed by atoms with Crippen molar-refractivity contribution in [2.45, 2.75) is 13.3 Å². The van der Waals surface area contributed by atoms with E-state index in [0.717, 1.165) is 40.2 Å². The Bertz CT molecular complexity index is 944. The smallest absolute Gasteiger partial charge is 0.219 e. The van der Waals surface area contributed by atoms with E-state index in [-0.39, 0.29) is 5.91 Å². The van der Waals surface area contributed by atoms with Gasteiger partial charge in [0.15, 0.2) is 0 Å². The van der Waals surface area contributed by atoms with Crippen LogP contribution in [0.5, 0.6) is 0 Å². The summed E-state index contributed by atoms with van der Waals surface area (Å²) in [5, 5.41) is 3.20. The first kappa shape index (κ1) is 20.5. The third-order valence-corrected chi connectivity index (χ3v) is 5.21. The molecule has 0 spiro atoms. The quantitative estimate of drug-likeness (QED) is 0.607. The summed E-state index contributed by atoms with van der Waals surface area (Å²) in [5.41, 5.74) is 12.5. The van der Waals surface area contributed by atoms with Crippen LogP contribution < -0.4 is 16.0 Å². The van der Waals surface area contributed by atoms with Gasteiger partial charge in [-0.1, -0.05) is 24.3 Å². The van der Waals surface area contributed by atoms with Gasteiger partial charge in [0.2, 0.25) is 5.91 Å². The zero-order chi connectivity index (χ0) is 21.0. The maximum Gasteiger partial charge on any atom is 0.219 e. The SMILES string of the molecule is CNC1=C(C(N)=Nc2ccc(-c3cccc(N(C)C)c3)cc2)CN(C(C)=O)CC1. The Morgan fingerprint density at radius 1 is 1.14 bits per heavy atom. The Hall–Kier alpha value is -3.28. The fourth-order valence-corrected chi connectivity index (χ4v) is 3.44. The van der Waals surface area contributed by atoms with Gasteiger partial charge >= 0.3 is 0 Å². The van der Waals surface area contributed by atoms with Gasteiger partial charge in [-0.05, 0) is 35.4 Å².